The predicted octanol–water partition coefficient (Wildman–Crippen LogP) is 2.83. The molecule has 0 saturated carbocycles. The lowest BCUT2D eigenvalue weighted by atomic mass is 10.2. The molecule has 0 spiro atoms. The van der Waals surface area contributed by atoms with Gasteiger partial charge in [-0.2, -0.15) is 8.42 Å². The number of hydrogen-bond donors (Lipinski definition) is 3. The Balaban J connectivity index is 1.71. The van der Waals surface area contributed by atoms with Gasteiger partial charge in [-0.3, -0.25) is 4.55 Å². The van der Waals surface area contributed by atoms with Gasteiger partial charge in [-0.05, 0) is 43.7 Å². The van der Waals surface area contributed by atoms with Crippen molar-refractivity contribution in [3.05, 3.63) is 54.1 Å². The Morgan fingerprint density at radius 1 is 1.16 bits per heavy atom. The molecule has 2 amide bonds. The highest BCUT2D eigenvalue weighted by atomic mass is 32.2. The molecule has 2 rings (SSSR count). The van der Waals surface area contributed by atoms with E-state index in [4.69, 9.17) is 9.29 Å². The zero-order valence-electron chi connectivity index (χ0n) is 13.7. The molecule has 0 aliphatic heterocycles. The predicted molar refractivity (Wildman–Crippen MR) is 94.6 cm³/mol. The molecule has 0 heterocycles. The van der Waals surface area contributed by atoms with Crippen molar-refractivity contribution >= 4 is 21.8 Å². The number of hydrogen-bond acceptors (Lipinski definition) is 4. The summed E-state index contributed by atoms with van der Waals surface area (Å²) in [6.07, 6.45) is 0.617. The highest BCUT2D eigenvalue weighted by Gasteiger charge is 2.10. The lowest BCUT2D eigenvalue weighted by molar-refractivity contribution is 0.250. The molecule has 0 unspecified atom stereocenters. The summed E-state index contributed by atoms with van der Waals surface area (Å²) in [5, 5.41) is 5.15. The number of nitrogens with one attached hydrogen (secondary N) is 2. The molecule has 0 aromatic heterocycles. The number of carbonyl (C=O) groups excluding carboxylic acids is 1. The van der Waals surface area contributed by atoms with Crippen LogP contribution < -0.4 is 15.4 Å². The lowest BCUT2D eigenvalue weighted by Crippen LogP contribution is -2.30. The molecular formula is C17H20N2O5S. The summed E-state index contributed by atoms with van der Waals surface area (Å²) in [6, 6.07) is 12.6. The summed E-state index contributed by atoms with van der Waals surface area (Å²) >= 11 is 0. The highest BCUT2D eigenvalue weighted by molar-refractivity contribution is 7.85. The van der Waals surface area contributed by atoms with Gasteiger partial charge in [-0.1, -0.05) is 23.8 Å². The number of urea groups is 1. The third kappa shape index (κ3) is 6.44. The Labute approximate surface area is 146 Å². The Morgan fingerprint density at radius 2 is 1.88 bits per heavy atom. The van der Waals surface area contributed by atoms with Crippen LogP contribution in [0.4, 0.5) is 10.5 Å². The van der Waals surface area contributed by atoms with Crippen molar-refractivity contribution in [3.8, 4) is 5.75 Å². The van der Waals surface area contributed by atoms with E-state index in [2.05, 4.69) is 10.6 Å². The van der Waals surface area contributed by atoms with Crippen LogP contribution in [-0.4, -0.2) is 32.2 Å². The number of amides is 2. The van der Waals surface area contributed by atoms with Crippen LogP contribution in [-0.2, 0) is 10.1 Å². The van der Waals surface area contributed by atoms with Crippen molar-refractivity contribution in [1.82, 2.24) is 5.32 Å². The summed E-state index contributed by atoms with van der Waals surface area (Å²) in [5.74, 6) is 0.775. The van der Waals surface area contributed by atoms with E-state index in [0.29, 0.717) is 19.6 Å². The molecule has 134 valence electrons. The smallest absolute Gasteiger partial charge is 0.319 e. The minimum atomic E-state index is -4.30. The van der Waals surface area contributed by atoms with E-state index in [-0.39, 0.29) is 10.6 Å². The normalized spacial score (nSPS) is 11.0. The Morgan fingerprint density at radius 3 is 2.56 bits per heavy atom. The van der Waals surface area contributed by atoms with Crippen LogP contribution in [0.25, 0.3) is 0 Å². The number of rotatable bonds is 7. The minimum absolute atomic E-state index is 0.267. The average Bonchev–Trinajstić information content (AvgIpc) is 2.56. The van der Waals surface area contributed by atoms with Gasteiger partial charge < -0.3 is 15.4 Å². The molecule has 8 heteroatoms. The molecule has 0 aliphatic carbocycles. The summed E-state index contributed by atoms with van der Waals surface area (Å²) < 4.78 is 36.7. The van der Waals surface area contributed by atoms with E-state index in [1.165, 1.54) is 24.3 Å². The van der Waals surface area contributed by atoms with Gasteiger partial charge in [0.1, 0.15) is 5.75 Å². The molecule has 2 aromatic rings. The zero-order chi connectivity index (χ0) is 18.3. The molecule has 0 saturated heterocycles. The van der Waals surface area contributed by atoms with Crippen LogP contribution in [0.2, 0.25) is 0 Å². The van der Waals surface area contributed by atoms with Gasteiger partial charge in [0.2, 0.25) is 0 Å². The van der Waals surface area contributed by atoms with Gasteiger partial charge in [-0.25, -0.2) is 4.79 Å². The molecule has 2 aromatic carbocycles. The van der Waals surface area contributed by atoms with E-state index < -0.39 is 16.1 Å². The minimum Gasteiger partial charge on any atom is -0.494 e. The van der Waals surface area contributed by atoms with Crippen LogP contribution in [0.3, 0.4) is 0 Å². The Hall–Kier alpha value is -2.58. The number of aryl methyl sites for hydroxylation is 1. The van der Waals surface area contributed by atoms with Crippen molar-refractivity contribution in [2.24, 2.45) is 0 Å². The number of carbonyl (C=O) groups is 1. The van der Waals surface area contributed by atoms with E-state index >= 15 is 0 Å². The van der Waals surface area contributed by atoms with Gasteiger partial charge in [0.15, 0.2) is 0 Å². The van der Waals surface area contributed by atoms with Crippen molar-refractivity contribution in [1.29, 1.82) is 0 Å². The van der Waals surface area contributed by atoms with Gasteiger partial charge in [0, 0.05) is 12.2 Å². The third-order valence-corrected chi connectivity index (χ3v) is 4.14. The Bertz CT molecular complexity index is 819. The number of anilines is 1. The summed E-state index contributed by atoms with van der Waals surface area (Å²) in [6.45, 7) is 2.86. The second kappa shape index (κ2) is 8.50. The fraction of sp³-hybridized carbons (Fsp3) is 0.235. The van der Waals surface area contributed by atoms with Crippen LogP contribution in [0.15, 0.2) is 53.4 Å². The summed E-state index contributed by atoms with van der Waals surface area (Å²) in [7, 11) is -4.30. The molecular weight excluding hydrogens is 344 g/mol. The SMILES string of the molecule is Cc1ccc(OCCCNC(=O)Nc2cccc(S(=O)(=O)O)c2)cc1. The van der Waals surface area contributed by atoms with Crippen LogP contribution in [0.5, 0.6) is 5.75 Å². The first-order chi connectivity index (χ1) is 11.8. The quantitative estimate of drug-likeness (QED) is 0.518. The second-order valence-corrected chi connectivity index (χ2v) is 6.82. The third-order valence-electron chi connectivity index (χ3n) is 3.29. The van der Waals surface area contributed by atoms with Crippen LogP contribution >= 0.6 is 0 Å². The van der Waals surface area contributed by atoms with Crippen molar-refractivity contribution in [2.45, 2.75) is 18.2 Å². The maximum atomic E-state index is 11.8. The zero-order valence-corrected chi connectivity index (χ0v) is 14.5. The maximum Gasteiger partial charge on any atom is 0.319 e. The van der Waals surface area contributed by atoms with Crippen LogP contribution in [0, 0.1) is 6.92 Å². The Kier molecular flexibility index (Phi) is 6.37. The molecule has 25 heavy (non-hydrogen) atoms. The summed E-state index contributed by atoms with van der Waals surface area (Å²) in [5.41, 5.74) is 1.42. The molecule has 0 atom stereocenters. The molecule has 7 nitrogen and oxygen atoms in total. The van der Waals surface area contributed by atoms with E-state index in [1.807, 2.05) is 31.2 Å². The van der Waals surface area contributed by atoms with Crippen molar-refractivity contribution < 1.29 is 22.5 Å². The van der Waals surface area contributed by atoms with Crippen molar-refractivity contribution in [2.75, 3.05) is 18.5 Å². The first-order valence-electron chi connectivity index (χ1n) is 7.66. The first-order valence-corrected chi connectivity index (χ1v) is 9.10. The molecule has 0 fully saturated rings. The van der Waals surface area contributed by atoms with Gasteiger partial charge in [0.05, 0.1) is 11.5 Å². The fourth-order valence-corrected chi connectivity index (χ4v) is 2.53. The monoisotopic (exact) mass is 364 g/mol. The second-order valence-electron chi connectivity index (χ2n) is 5.40. The van der Waals surface area contributed by atoms with E-state index in [9.17, 15) is 13.2 Å². The van der Waals surface area contributed by atoms with Gasteiger partial charge in [0.25, 0.3) is 10.1 Å². The number of benzene rings is 2. The van der Waals surface area contributed by atoms with E-state index in [0.717, 1.165) is 11.3 Å². The van der Waals surface area contributed by atoms with Gasteiger partial charge >= 0.3 is 6.03 Å². The molecule has 0 aliphatic rings. The lowest BCUT2D eigenvalue weighted by Gasteiger charge is -2.09. The molecule has 0 bridgehead atoms. The number of ether oxygens (including phenoxy) is 1. The average molecular weight is 364 g/mol. The fourth-order valence-electron chi connectivity index (χ4n) is 2.01. The van der Waals surface area contributed by atoms with Gasteiger partial charge in [-0.15, -0.1) is 0 Å². The standard InChI is InChI=1S/C17H20N2O5S/c1-13-6-8-15(9-7-13)24-11-3-10-18-17(20)19-14-4-2-5-16(12-14)25(21,22)23/h2,4-9,12H,3,10-11H2,1H3,(H2,18,19,20)(H,21,22,23). The first kappa shape index (κ1) is 18.8. The molecule has 0 radical (unpaired) electrons. The van der Waals surface area contributed by atoms with E-state index in [1.54, 1.807) is 0 Å². The maximum absolute atomic E-state index is 11.8. The summed E-state index contributed by atoms with van der Waals surface area (Å²) in [4.78, 5) is 11.5. The topological polar surface area (TPSA) is 105 Å². The molecule has 3 N–H and O–H groups in total. The van der Waals surface area contributed by atoms with Crippen LogP contribution in [0.1, 0.15) is 12.0 Å². The van der Waals surface area contributed by atoms with Crippen molar-refractivity contribution in [3.63, 3.8) is 0 Å². The highest BCUT2D eigenvalue weighted by Crippen LogP contribution is 2.15. The largest absolute Gasteiger partial charge is 0.494 e.